The van der Waals surface area contributed by atoms with E-state index in [0.717, 1.165) is 23.2 Å². The van der Waals surface area contributed by atoms with Gasteiger partial charge in [0.2, 0.25) is 5.91 Å². The lowest BCUT2D eigenvalue weighted by Gasteiger charge is -2.17. The summed E-state index contributed by atoms with van der Waals surface area (Å²) in [7, 11) is 1.93. The van der Waals surface area contributed by atoms with Gasteiger partial charge < -0.3 is 5.32 Å². The van der Waals surface area contributed by atoms with Gasteiger partial charge in [-0.3, -0.25) is 9.69 Å². The fourth-order valence-corrected chi connectivity index (χ4v) is 3.13. The van der Waals surface area contributed by atoms with E-state index in [4.69, 9.17) is 11.6 Å². The Morgan fingerprint density at radius 1 is 0.889 bits per heavy atom. The van der Waals surface area contributed by atoms with Crippen molar-refractivity contribution in [3.63, 3.8) is 0 Å². The van der Waals surface area contributed by atoms with E-state index in [-0.39, 0.29) is 5.91 Å². The van der Waals surface area contributed by atoms with Crippen molar-refractivity contribution in [2.24, 2.45) is 0 Å². The quantitative estimate of drug-likeness (QED) is 0.627. The van der Waals surface area contributed by atoms with Gasteiger partial charge in [0.05, 0.1) is 6.54 Å². The fourth-order valence-electron chi connectivity index (χ4n) is 3.00. The maximum absolute atomic E-state index is 12.5. The minimum absolute atomic E-state index is 0.0213. The van der Waals surface area contributed by atoms with Gasteiger partial charge >= 0.3 is 0 Å². The van der Waals surface area contributed by atoms with Gasteiger partial charge in [-0.2, -0.15) is 0 Å². The Morgan fingerprint density at radius 2 is 1.56 bits per heavy atom. The van der Waals surface area contributed by atoms with E-state index in [2.05, 4.69) is 23.5 Å². The van der Waals surface area contributed by atoms with Crippen molar-refractivity contribution in [1.82, 2.24) is 4.90 Å². The molecule has 0 aliphatic rings. The monoisotopic (exact) mass is 378 g/mol. The highest BCUT2D eigenvalue weighted by molar-refractivity contribution is 6.30. The first-order chi connectivity index (χ1) is 13.1. The maximum atomic E-state index is 12.5. The highest BCUT2D eigenvalue weighted by atomic mass is 35.5. The van der Waals surface area contributed by atoms with E-state index in [1.807, 2.05) is 72.6 Å². The summed E-state index contributed by atoms with van der Waals surface area (Å²) in [5, 5.41) is 3.77. The molecule has 4 heteroatoms. The largest absolute Gasteiger partial charge is 0.325 e. The third-order valence-electron chi connectivity index (χ3n) is 4.31. The van der Waals surface area contributed by atoms with Gasteiger partial charge in [0.25, 0.3) is 0 Å². The zero-order chi connectivity index (χ0) is 19.1. The normalized spacial score (nSPS) is 10.8. The summed E-state index contributed by atoms with van der Waals surface area (Å²) < 4.78 is 0. The standard InChI is InChI=1S/C23H23ClN2O/c1-26(16-19-11-13-21(24)14-12-19)17-23(27)25-22-10-6-5-9-20(22)15-18-7-3-2-4-8-18/h2-14H,15-17H2,1H3,(H,25,27). The number of para-hydroxylation sites is 1. The van der Waals surface area contributed by atoms with Crippen LogP contribution in [0.4, 0.5) is 5.69 Å². The van der Waals surface area contributed by atoms with E-state index in [1.54, 1.807) is 0 Å². The molecule has 0 aliphatic heterocycles. The Bertz CT molecular complexity index is 878. The summed E-state index contributed by atoms with van der Waals surface area (Å²) in [5.41, 5.74) is 4.32. The summed E-state index contributed by atoms with van der Waals surface area (Å²) in [6.45, 7) is 1.01. The SMILES string of the molecule is CN(CC(=O)Nc1ccccc1Cc1ccccc1)Cc1ccc(Cl)cc1. The van der Waals surface area contributed by atoms with Gasteiger partial charge in [0.1, 0.15) is 0 Å². The maximum Gasteiger partial charge on any atom is 0.238 e. The van der Waals surface area contributed by atoms with Crippen molar-refractivity contribution in [2.75, 3.05) is 18.9 Å². The minimum atomic E-state index is -0.0213. The molecule has 0 spiro atoms. The molecule has 1 amide bonds. The van der Waals surface area contributed by atoms with Crippen LogP contribution in [0.15, 0.2) is 78.9 Å². The molecule has 0 unspecified atom stereocenters. The summed E-state index contributed by atoms with van der Waals surface area (Å²) >= 11 is 5.92. The Morgan fingerprint density at radius 3 is 2.30 bits per heavy atom. The van der Waals surface area contributed by atoms with Gasteiger partial charge in [-0.15, -0.1) is 0 Å². The number of halogens is 1. The van der Waals surface area contributed by atoms with E-state index in [0.29, 0.717) is 18.1 Å². The summed E-state index contributed by atoms with van der Waals surface area (Å²) in [6.07, 6.45) is 0.790. The number of benzene rings is 3. The van der Waals surface area contributed by atoms with E-state index >= 15 is 0 Å². The first kappa shape index (κ1) is 19.2. The lowest BCUT2D eigenvalue weighted by molar-refractivity contribution is -0.117. The molecule has 0 radical (unpaired) electrons. The third-order valence-corrected chi connectivity index (χ3v) is 4.56. The van der Waals surface area contributed by atoms with Gasteiger partial charge in [0, 0.05) is 17.3 Å². The molecule has 3 nitrogen and oxygen atoms in total. The van der Waals surface area contributed by atoms with Crippen molar-refractivity contribution < 1.29 is 4.79 Å². The van der Waals surface area contributed by atoms with Crippen molar-refractivity contribution >= 4 is 23.2 Å². The number of rotatable bonds is 7. The molecule has 0 saturated carbocycles. The van der Waals surface area contributed by atoms with Crippen LogP contribution in [0.2, 0.25) is 5.02 Å². The Kier molecular flexibility index (Phi) is 6.64. The molecule has 0 fully saturated rings. The number of likely N-dealkylation sites (N-methyl/N-ethyl adjacent to an activating group) is 1. The van der Waals surface area contributed by atoms with Crippen LogP contribution in [-0.2, 0) is 17.8 Å². The highest BCUT2D eigenvalue weighted by Crippen LogP contribution is 2.19. The molecule has 0 saturated heterocycles. The van der Waals surface area contributed by atoms with Crippen LogP contribution in [0.5, 0.6) is 0 Å². The van der Waals surface area contributed by atoms with Crippen molar-refractivity contribution in [1.29, 1.82) is 0 Å². The van der Waals surface area contributed by atoms with Crippen LogP contribution in [0.1, 0.15) is 16.7 Å². The molecule has 1 N–H and O–H groups in total. The van der Waals surface area contributed by atoms with Crippen LogP contribution >= 0.6 is 11.6 Å². The molecule has 0 heterocycles. The van der Waals surface area contributed by atoms with Crippen LogP contribution < -0.4 is 5.32 Å². The van der Waals surface area contributed by atoms with Gasteiger partial charge in [0.15, 0.2) is 0 Å². The van der Waals surface area contributed by atoms with Crippen molar-refractivity contribution in [3.8, 4) is 0 Å². The first-order valence-electron chi connectivity index (χ1n) is 8.95. The number of hydrogen-bond donors (Lipinski definition) is 1. The van der Waals surface area contributed by atoms with E-state index in [1.165, 1.54) is 5.56 Å². The number of anilines is 1. The van der Waals surface area contributed by atoms with Crippen molar-refractivity contribution in [3.05, 3.63) is 101 Å². The highest BCUT2D eigenvalue weighted by Gasteiger charge is 2.10. The average Bonchev–Trinajstić information content (AvgIpc) is 2.66. The lowest BCUT2D eigenvalue weighted by atomic mass is 10.0. The van der Waals surface area contributed by atoms with E-state index in [9.17, 15) is 4.79 Å². The number of nitrogens with zero attached hydrogens (tertiary/aromatic N) is 1. The molecular formula is C23H23ClN2O. The molecule has 27 heavy (non-hydrogen) atoms. The first-order valence-corrected chi connectivity index (χ1v) is 9.32. The minimum Gasteiger partial charge on any atom is -0.325 e. The van der Waals surface area contributed by atoms with Crippen LogP contribution in [-0.4, -0.2) is 24.4 Å². The zero-order valence-corrected chi connectivity index (χ0v) is 16.1. The van der Waals surface area contributed by atoms with Crippen LogP contribution in [0.3, 0.4) is 0 Å². The number of amides is 1. The van der Waals surface area contributed by atoms with Gasteiger partial charge in [-0.05, 0) is 48.4 Å². The molecule has 0 aromatic heterocycles. The second-order valence-corrected chi connectivity index (χ2v) is 7.10. The molecule has 0 bridgehead atoms. The number of hydrogen-bond acceptors (Lipinski definition) is 2. The smallest absolute Gasteiger partial charge is 0.238 e. The predicted octanol–water partition coefficient (Wildman–Crippen LogP) is 5.00. The molecular weight excluding hydrogens is 356 g/mol. The number of carbonyl (C=O) groups excluding carboxylic acids is 1. The van der Waals surface area contributed by atoms with Gasteiger partial charge in [-0.25, -0.2) is 0 Å². The number of nitrogens with one attached hydrogen (secondary N) is 1. The Hall–Kier alpha value is -2.62. The van der Waals surface area contributed by atoms with Crippen LogP contribution in [0.25, 0.3) is 0 Å². The summed E-state index contributed by atoms with van der Waals surface area (Å²) in [6, 6.07) is 25.9. The molecule has 0 atom stereocenters. The Labute approximate surface area is 165 Å². The van der Waals surface area contributed by atoms with E-state index < -0.39 is 0 Å². The molecule has 3 aromatic carbocycles. The topological polar surface area (TPSA) is 32.3 Å². The lowest BCUT2D eigenvalue weighted by Crippen LogP contribution is -2.30. The molecule has 0 aliphatic carbocycles. The second-order valence-electron chi connectivity index (χ2n) is 6.67. The number of carbonyl (C=O) groups is 1. The van der Waals surface area contributed by atoms with Crippen molar-refractivity contribution in [2.45, 2.75) is 13.0 Å². The fraction of sp³-hybridized carbons (Fsp3) is 0.174. The molecule has 3 aromatic rings. The molecule has 3 rings (SSSR count). The second kappa shape index (κ2) is 9.36. The average molecular weight is 379 g/mol. The zero-order valence-electron chi connectivity index (χ0n) is 15.4. The van der Waals surface area contributed by atoms with Gasteiger partial charge in [-0.1, -0.05) is 72.3 Å². The summed E-state index contributed by atoms with van der Waals surface area (Å²) in [5.74, 6) is -0.0213. The molecule has 138 valence electrons. The Balaban J connectivity index is 1.59. The third kappa shape index (κ3) is 5.95. The predicted molar refractivity (Wildman–Crippen MR) is 112 cm³/mol. The summed E-state index contributed by atoms with van der Waals surface area (Å²) in [4.78, 5) is 14.5. The van der Waals surface area contributed by atoms with Crippen LogP contribution in [0, 0.1) is 0 Å².